The Morgan fingerprint density at radius 1 is 1.00 bits per heavy atom. The highest BCUT2D eigenvalue weighted by Gasteiger charge is 2.25. The Morgan fingerprint density at radius 2 is 1.78 bits per heavy atom. The summed E-state index contributed by atoms with van der Waals surface area (Å²) in [5.74, 6) is 1.12. The summed E-state index contributed by atoms with van der Waals surface area (Å²) in [6, 6.07) is 20.6. The molecule has 0 aliphatic carbocycles. The molecule has 6 nitrogen and oxygen atoms in total. The van der Waals surface area contributed by atoms with Gasteiger partial charge < -0.3 is 24.6 Å². The van der Waals surface area contributed by atoms with E-state index in [9.17, 15) is 4.79 Å². The van der Waals surface area contributed by atoms with Crippen LogP contribution in [0.5, 0.6) is 11.5 Å². The zero-order chi connectivity index (χ0) is 24.9. The molecule has 2 heterocycles. The van der Waals surface area contributed by atoms with E-state index in [1.54, 1.807) is 4.90 Å². The van der Waals surface area contributed by atoms with Crippen LogP contribution in [0.2, 0.25) is 0 Å². The Morgan fingerprint density at radius 3 is 2.56 bits per heavy atom. The first kappa shape index (κ1) is 24.5. The second-order valence-electron chi connectivity index (χ2n) is 9.15. The monoisotopic (exact) mass is 549 g/mol. The van der Waals surface area contributed by atoms with Gasteiger partial charge in [-0.15, -0.1) is 0 Å². The molecule has 1 fully saturated rings. The summed E-state index contributed by atoms with van der Waals surface area (Å²) >= 11 is 3.64. The molecule has 1 saturated heterocycles. The second-order valence-corrected chi connectivity index (χ2v) is 10.00. The Labute approximate surface area is 221 Å². The zero-order valence-corrected chi connectivity index (χ0v) is 22.2. The molecule has 0 radical (unpaired) electrons. The minimum absolute atomic E-state index is 0.0476. The lowest BCUT2D eigenvalue weighted by atomic mass is 10.2. The van der Waals surface area contributed by atoms with Crippen molar-refractivity contribution in [1.29, 1.82) is 0 Å². The number of hydrogen-bond donors (Lipinski definition) is 1. The van der Waals surface area contributed by atoms with E-state index in [1.807, 2.05) is 37.3 Å². The fourth-order valence-electron chi connectivity index (χ4n) is 4.91. The van der Waals surface area contributed by atoms with Crippen molar-refractivity contribution >= 4 is 38.9 Å². The molecule has 2 aliphatic rings. The molecule has 3 aromatic carbocycles. The van der Waals surface area contributed by atoms with Crippen molar-refractivity contribution in [1.82, 2.24) is 0 Å². The molecule has 5 rings (SSSR count). The molecule has 0 atom stereocenters. The van der Waals surface area contributed by atoms with Gasteiger partial charge in [-0.25, -0.2) is 0 Å². The maximum atomic E-state index is 12.9. The number of benzene rings is 3. The number of nitrogens with zero attached hydrogens (tertiary/aromatic N) is 2. The number of rotatable bonds is 9. The van der Waals surface area contributed by atoms with E-state index in [1.165, 1.54) is 24.1 Å². The van der Waals surface area contributed by atoms with E-state index < -0.39 is 0 Å². The molecular formula is C29H32BrN3O3. The van der Waals surface area contributed by atoms with Crippen LogP contribution in [-0.2, 0) is 17.8 Å². The lowest BCUT2D eigenvalue weighted by Gasteiger charge is -2.20. The molecule has 7 heteroatoms. The normalized spacial score (nSPS) is 14.6. The van der Waals surface area contributed by atoms with Crippen LogP contribution in [0.4, 0.5) is 17.1 Å². The standard InChI is InChI=1S/C29H32BrN3O3/c1-2-35-27-18-21(19-31-23-9-11-24(12-10-23)32-14-5-6-15-32)17-25(30)29(27)36-20-28(34)33-16-13-22-7-3-4-8-26(22)33/h3-4,7-12,17-18,31H,2,5-6,13-16,19-20H2,1H3. The molecule has 3 aromatic rings. The molecule has 0 saturated carbocycles. The van der Waals surface area contributed by atoms with E-state index in [0.717, 1.165) is 40.9 Å². The van der Waals surface area contributed by atoms with Crippen LogP contribution in [-0.4, -0.2) is 38.8 Å². The van der Waals surface area contributed by atoms with Gasteiger partial charge >= 0.3 is 0 Å². The largest absolute Gasteiger partial charge is 0.490 e. The summed E-state index contributed by atoms with van der Waals surface area (Å²) in [6.45, 7) is 6.02. The van der Waals surface area contributed by atoms with Gasteiger partial charge in [0.2, 0.25) is 0 Å². The molecule has 1 N–H and O–H groups in total. The van der Waals surface area contributed by atoms with Crippen molar-refractivity contribution in [2.24, 2.45) is 0 Å². The third-order valence-electron chi connectivity index (χ3n) is 6.73. The van der Waals surface area contributed by atoms with Crippen LogP contribution in [0.3, 0.4) is 0 Å². The first-order valence-corrected chi connectivity index (χ1v) is 13.5. The summed E-state index contributed by atoms with van der Waals surface area (Å²) < 4.78 is 12.7. The number of hydrogen-bond acceptors (Lipinski definition) is 5. The molecule has 0 unspecified atom stereocenters. The Hall–Kier alpha value is -3.19. The summed E-state index contributed by atoms with van der Waals surface area (Å²) in [6.07, 6.45) is 3.42. The van der Waals surface area contributed by atoms with Gasteiger partial charge in [-0.05, 0) is 95.7 Å². The maximum Gasteiger partial charge on any atom is 0.264 e. The van der Waals surface area contributed by atoms with Gasteiger partial charge in [0, 0.05) is 43.2 Å². The van der Waals surface area contributed by atoms with Crippen molar-refractivity contribution in [3.05, 3.63) is 76.3 Å². The first-order valence-electron chi connectivity index (χ1n) is 12.7. The number of halogens is 1. The number of fused-ring (bicyclic) bond motifs is 1. The fourth-order valence-corrected chi connectivity index (χ4v) is 5.51. The summed E-state index contributed by atoms with van der Waals surface area (Å²) in [5.41, 5.74) is 5.59. The number of anilines is 3. The van der Waals surface area contributed by atoms with Crippen molar-refractivity contribution in [2.75, 3.05) is 48.0 Å². The van der Waals surface area contributed by atoms with Gasteiger partial charge in [0.05, 0.1) is 11.1 Å². The number of carbonyl (C=O) groups is 1. The third kappa shape index (κ3) is 5.46. The maximum absolute atomic E-state index is 12.9. The summed E-state index contributed by atoms with van der Waals surface area (Å²) in [7, 11) is 0. The van der Waals surface area contributed by atoms with Gasteiger partial charge in [0.1, 0.15) is 0 Å². The Bertz CT molecular complexity index is 1210. The highest BCUT2D eigenvalue weighted by molar-refractivity contribution is 9.10. The van der Waals surface area contributed by atoms with Crippen LogP contribution in [0.25, 0.3) is 0 Å². The molecule has 0 aromatic heterocycles. The van der Waals surface area contributed by atoms with Crippen LogP contribution >= 0.6 is 15.9 Å². The minimum Gasteiger partial charge on any atom is -0.490 e. The summed E-state index contributed by atoms with van der Waals surface area (Å²) in [5, 5.41) is 3.49. The number of carbonyl (C=O) groups excluding carboxylic acids is 1. The van der Waals surface area contributed by atoms with Crippen molar-refractivity contribution in [3.8, 4) is 11.5 Å². The SMILES string of the molecule is CCOc1cc(CNc2ccc(N3CCCC3)cc2)cc(Br)c1OCC(=O)N1CCc2ccccc21. The van der Waals surface area contributed by atoms with Gasteiger partial charge in [-0.1, -0.05) is 18.2 Å². The van der Waals surface area contributed by atoms with Gasteiger partial charge in [0.25, 0.3) is 5.91 Å². The molecule has 36 heavy (non-hydrogen) atoms. The zero-order valence-electron chi connectivity index (χ0n) is 20.6. The van der Waals surface area contributed by atoms with Crippen LogP contribution < -0.4 is 24.6 Å². The Kier molecular flexibility index (Phi) is 7.66. The number of nitrogens with one attached hydrogen (secondary N) is 1. The highest BCUT2D eigenvalue weighted by atomic mass is 79.9. The van der Waals surface area contributed by atoms with Crippen molar-refractivity contribution in [2.45, 2.75) is 32.7 Å². The number of para-hydroxylation sites is 1. The third-order valence-corrected chi connectivity index (χ3v) is 7.32. The van der Waals surface area contributed by atoms with Crippen molar-refractivity contribution in [3.63, 3.8) is 0 Å². The minimum atomic E-state index is -0.0579. The number of amides is 1. The quantitative estimate of drug-likeness (QED) is 0.353. The van der Waals surface area contributed by atoms with E-state index in [2.05, 4.69) is 56.5 Å². The molecule has 188 valence electrons. The summed E-state index contributed by atoms with van der Waals surface area (Å²) in [4.78, 5) is 17.2. The van der Waals surface area contributed by atoms with E-state index >= 15 is 0 Å². The first-order chi connectivity index (χ1) is 17.6. The van der Waals surface area contributed by atoms with Gasteiger partial charge in [-0.3, -0.25) is 4.79 Å². The van der Waals surface area contributed by atoms with Gasteiger partial charge in [0.15, 0.2) is 18.1 Å². The molecule has 0 bridgehead atoms. The van der Waals surface area contributed by atoms with Crippen LogP contribution in [0, 0.1) is 0 Å². The topological polar surface area (TPSA) is 54.0 Å². The Balaban J connectivity index is 1.23. The fraction of sp³-hybridized carbons (Fsp3) is 0.345. The van der Waals surface area contributed by atoms with E-state index in [4.69, 9.17) is 9.47 Å². The lowest BCUT2D eigenvalue weighted by Crippen LogP contribution is -2.33. The molecule has 1 amide bonds. The van der Waals surface area contributed by atoms with E-state index in [0.29, 0.717) is 31.2 Å². The molecule has 2 aliphatic heterocycles. The van der Waals surface area contributed by atoms with Crippen LogP contribution in [0.15, 0.2) is 65.1 Å². The van der Waals surface area contributed by atoms with Crippen molar-refractivity contribution < 1.29 is 14.3 Å². The van der Waals surface area contributed by atoms with Gasteiger partial charge in [-0.2, -0.15) is 0 Å². The second kappa shape index (κ2) is 11.2. The van der Waals surface area contributed by atoms with E-state index in [-0.39, 0.29) is 12.5 Å². The molecular weight excluding hydrogens is 518 g/mol. The average molecular weight is 550 g/mol. The number of ether oxygens (including phenoxy) is 2. The predicted octanol–water partition coefficient (Wildman–Crippen LogP) is 6.03. The lowest BCUT2D eigenvalue weighted by molar-refractivity contribution is -0.120. The molecule has 0 spiro atoms. The predicted molar refractivity (Wildman–Crippen MR) is 149 cm³/mol. The van der Waals surface area contributed by atoms with Crippen LogP contribution in [0.1, 0.15) is 30.9 Å². The smallest absolute Gasteiger partial charge is 0.264 e. The average Bonchev–Trinajstić information content (AvgIpc) is 3.58. The highest BCUT2D eigenvalue weighted by Crippen LogP contribution is 2.37.